The predicted molar refractivity (Wildman–Crippen MR) is 80.7 cm³/mol. The quantitative estimate of drug-likeness (QED) is 0.494. The van der Waals surface area contributed by atoms with E-state index < -0.39 is 0 Å². The van der Waals surface area contributed by atoms with Crippen molar-refractivity contribution < 1.29 is 19.1 Å². The van der Waals surface area contributed by atoms with Crippen molar-refractivity contribution >= 4 is 11.9 Å². The maximum atomic E-state index is 11.2. The lowest BCUT2D eigenvalue weighted by atomic mass is 10.00. The second kappa shape index (κ2) is 13.8. The molecule has 0 aliphatic heterocycles. The van der Waals surface area contributed by atoms with Gasteiger partial charge in [0.05, 0.1) is 24.4 Å². The third kappa shape index (κ3) is 11.5. The van der Waals surface area contributed by atoms with Crippen molar-refractivity contribution in [3.05, 3.63) is 25.7 Å². The highest BCUT2D eigenvalue weighted by atomic mass is 16.5. The zero-order valence-electron chi connectivity index (χ0n) is 13.2. The maximum absolute atomic E-state index is 11.2. The summed E-state index contributed by atoms with van der Waals surface area (Å²) in [6.07, 6.45) is 6.34. The summed E-state index contributed by atoms with van der Waals surface area (Å²) in [4.78, 5) is 21.6. The molecule has 0 aliphatic rings. The molecule has 0 aromatic rings. The van der Waals surface area contributed by atoms with E-state index >= 15 is 0 Å². The molecule has 0 spiro atoms. The summed E-state index contributed by atoms with van der Waals surface area (Å²) in [5, 5.41) is 0. The third-order valence-electron chi connectivity index (χ3n) is 2.60. The minimum atomic E-state index is -0.236. The molecule has 0 saturated heterocycles. The van der Waals surface area contributed by atoms with Gasteiger partial charge < -0.3 is 9.47 Å². The molecule has 0 N–H and O–H groups in total. The zero-order valence-corrected chi connectivity index (χ0v) is 13.2. The molecule has 0 amide bonds. The third-order valence-corrected chi connectivity index (χ3v) is 2.60. The fourth-order valence-corrected chi connectivity index (χ4v) is 1.34. The molecule has 0 rings (SSSR count). The summed E-state index contributed by atoms with van der Waals surface area (Å²) in [5.74, 6) is -0.378. The SMILES string of the molecule is C=COC(=O)C(C)C.C=COC(=O)C(CC)CCCC. The number of hydrogen-bond donors (Lipinski definition) is 0. The van der Waals surface area contributed by atoms with E-state index in [2.05, 4.69) is 24.8 Å². The van der Waals surface area contributed by atoms with Crippen molar-refractivity contribution in [2.24, 2.45) is 11.8 Å². The van der Waals surface area contributed by atoms with Crippen molar-refractivity contribution in [1.29, 1.82) is 0 Å². The average Bonchev–Trinajstić information content (AvgIpc) is 2.41. The van der Waals surface area contributed by atoms with Crippen molar-refractivity contribution in [2.45, 2.75) is 53.4 Å². The fraction of sp³-hybridized carbons (Fsp3) is 0.625. The summed E-state index contributed by atoms with van der Waals surface area (Å²) in [6, 6.07) is 0. The minimum Gasteiger partial charge on any atom is -0.435 e. The molecule has 0 aromatic carbocycles. The van der Waals surface area contributed by atoms with E-state index in [1.807, 2.05) is 6.92 Å². The van der Waals surface area contributed by atoms with Crippen molar-refractivity contribution in [3.8, 4) is 0 Å². The molecule has 116 valence electrons. The van der Waals surface area contributed by atoms with E-state index in [-0.39, 0.29) is 23.8 Å². The summed E-state index contributed by atoms with van der Waals surface area (Å²) in [7, 11) is 0. The van der Waals surface area contributed by atoms with Gasteiger partial charge in [0.15, 0.2) is 0 Å². The molecule has 0 bridgehead atoms. The van der Waals surface area contributed by atoms with Crippen LogP contribution in [0, 0.1) is 11.8 Å². The Balaban J connectivity index is 0. The van der Waals surface area contributed by atoms with Gasteiger partial charge in [-0.05, 0) is 12.8 Å². The first-order valence-electron chi connectivity index (χ1n) is 7.07. The van der Waals surface area contributed by atoms with Crippen LogP contribution >= 0.6 is 0 Å². The first kappa shape index (κ1) is 20.7. The molecule has 0 aliphatic carbocycles. The van der Waals surface area contributed by atoms with Crippen LogP contribution in [0.5, 0.6) is 0 Å². The first-order valence-corrected chi connectivity index (χ1v) is 7.07. The summed E-state index contributed by atoms with van der Waals surface area (Å²) >= 11 is 0. The molecular weight excluding hydrogens is 256 g/mol. The van der Waals surface area contributed by atoms with Gasteiger partial charge in [-0.15, -0.1) is 0 Å². The van der Waals surface area contributed by atoms with E-state index in [9.17, 15) is 9.59 Å². The standard InChI is InChI=1S/C10H18O2.C6H10O2/c1-4-7-8-9(5-2)10(11)12-6-3;1-4-8-6(7)5(2)3/h6,9H,3-5,7-8H2,1-2H3;4-5H,1H2,2-3H3. The van der Waals surface area contributed by atoms with E-state index in [1.165, 1.54) is 6.26 Å². The number of esters is 2. The summed E-state index contributed by atoms with van der Waals surface area (Å²) < 4.78 is 9.15. The predicted octanol–water partition coefficient (Wildman–Crippen LogP) is 4.22. The summed E-state index contributed by atoms with van der Waals surface area (Å²) in [5.41, 5.74) is 0. The number of carbonyl (C=O) groups is 2. The van der Waals surface area contributed by atoms with Crippen LogP contribution in [-0.2, 0) is 19.1 Å². The van der Waals surface area contributed by atoms with Gasteiger partial charge in [-0.3, -0.25) is 9.59 Å². The first-order chi connectivity index (χ1) is 9.44. The van der Waals surface area contributed by atoms with E-state index in [4.69, 9.17) is 4.74 Å². The Hall–Kier alpha value is -1.58. The van der Waals surface area contributed by atoms with Crippen molar-refractivity contribution in [2.75, 3.05) is 0 Å². The topological polar surface area (TPSA) is 52.6 Å². The Morgan fingerprint density at radius 3 is 1.85 bits per heavy atom. The van der Waals surface area contributed by atoms with Crippen LogP contribution in [-0.4, -0.2) is 11.9 Å². The van der Waals surface area contributed by atoms with E-state index in [0.29, 0.717) is 0 Å². The number of rotatable bonds is 8. The van der Waals surface area contributed by atoms with Gasteiger partial charge in [0, 0.05) is 0 Å². The molecule has 20 heavy (non-hydrogen) atoms. The Labute approximate surface area is 122 Å². The van der Waals surface area contributed by atoms with Crippen LogP contribution in [0.2, 0.25) is 0 Å². The molecule has 0 radical (unpaired) electrons. The average molecular weight is 284 g/mol. The van der Waals surface area contributed by atoms with Crippen LogP contribution in [0.1, 0.15) is 53.4 Å². The molecule has 0 fully saturated rings. The highest BCUT2D eigenvalue weighted by Crippen LogP contribution is 2.14. The van der Waals surface area contributed by atoms with Crippen LogP contribution in [0.15, 0.2) is 25.7 Å². The molecule has 4 heteroatoms. The fourth-order valence-electron chi connectivity index (χ4n) is 1.34. The van der Waals surface area contributed by atoms with Crippen LogP contribution in [0.25, 0.3) is 0 Å². The van der Waals surface area contributed by atoms with Crippen LogP contribution in [0.3, 0.4) is 0 Å². The lowest BCUT2D eigenvalue weighted by molar-refractivity contribution is -0.143. The van der Waals surface area contributed by atoms with Gasteiger partial charge in [0.25, 0.3) is 0 Å². The van der Waals surface area contributed by atoms with Crippen molar-refractivity contribution in [3.63, 3.8) is 0 Å². The molecular formula is C16H28O4. The second-order valence-electron chi connectivity index (χ2n) is 4.61. The number of unbranched alkanes of at least 4 members (excludes halogenated alkanes) is 1. The lowest BCUT2D eigenvalue weighted by Crippen LogP contribution is -2.14. The lowest BCUT2D eigenvalue weighted by Gasteiger charge is -2.10. The minimum absolute atomic E-state index is 0.0583. The van der Waals surface area contributed by atoms with E-state index in [0.717, 1.165) is 31.9 Å². The molecule has 1 unspecified atom stereocenters. The van der Waals surface area contributed by atoms with Crippen molar-refractivity contribution in [1.82, 2.24) is 0 Å². The van der Waals surface area contributed by atoms with Crippen LogP contribution < -0.4 is 0 Å². The van der Waals surface area contributed by atoms with E-state index in [1.54, 1.807) is 13.8 Å². The monoisotopic (exact) mass is 284 g/mol. The zero-order chi connectivity index (χ0) is 16.0. The molecule has 0 aromatic heterocycles. The summed E-state index contributed by atoms with van der Waals surface area (Å²) in [6.45, 7) is 14.3. The van der Waals surface area contributed by atoms with Gasteiger partial charge in [-0.25, -0.2) is 0 Å². The second-order valence-corrected chi connectivity index (χ2v) is 4.61. The molecule has 4 nitrogen and oxygen atoms in total. The van der Waals surface area contributed by atoms with Gasteiger partial charge in [-0.2, -0.15) is 0 Å². The normalized spacial score (nSPS) is 10.8. The Morgan fingerprint density at radius 2 is 1.55 bits per heavy atom. The highest BCUT2D eigenvalue weighted by molar-refractivity contribution is 5.72. The van der Waals surface area contributed by atoms with Gasteiger partial charge >= 0.3 is 11.9 Å². The highest BCUT2D eigenvalue weighted by Gasteiger charge is 2.15. The number of carbonyl (C=O) groups excluding carboxylic acids is 2. The van der Waals surface area contributed by atoms with Gasteiger partial charge in [0.2, 0.25) is 0 Å². The number of hydrogen-bond acceptors (Lipinski definition) is 4. The molecule has 0 saturated carbocycles. The van der Waals surface area contributed by atoms with Gasteiger partial charge in [0.1, 0.15) is 0 Å². The Morgan fingerprint density at radius 1 is 1.05 bits per heavy atom. The maximum Gasteiger partial charge on any atom is 0.313 e. The molecule has 0 heterocycles. The number of ether oxygens (including phenoxy) is 2. The van der Waals surface area contributed by atoms with Gasteiger partial charge in [-0.1, -0.05) is 53.7 Å². The Kier molecular flexibility index (Phi) is 14.3. The molecule has 1 atom stereocenters. The van der Waals surface area contributed by atoms with Crippen LogP contribution in [0.4, 0.5) is 0 Å². The largest absolute Gasteiger partial charge is 0.435 e. The Bertz CT molecular complexity index is 295. The smallest absolute Gasteiger partial charge is 0.313 e.